The van der Waals surface area contributed by atoms with E-state index in [4.69, 9.17) is 5.73 Å². The molecule has 0 amide bonds. The topological polar surface area (TPSA) is 91.4 Å². The standard InChI is InChI=1S/C16H14F6N6/c1-24-14(23)11(16(20,21)22)6-26-27-8-13-25-7-12(28-13)9-2-4-10(5-3-9)15(17,18)19/h2-7,27H,1,8,23H2,(H,25,28)/b14-11-,26-6-. The molecule has 150 valence electrons. The lowest BCUT2D eigenvalue weighted by Gasteiger charge is -2.08. The molecular formula is C16H14F6N6. The van der Waals surface area contributed by atoms with Crippen LogP contribution in [0.25, 0.3) is 11.3 Å². The molecule has 2 aromatic rings. The van der Waals surface area contributed by atoms with Crippen LogP contribution >= 0.6 is 0 Å². The number of aromatic nitrogens is 2. The highest BCUT2D eigenvalue weighted by Gasteiger charge is 2.35. The Hall–Kier alpha value is -3.31. The van der Waals surface area contributed by atoms with Gasteiger partial charge in [0.25, 0.3) is 0 Å². The second kappa shape index (κ2) is 8.15. The normalized spacial score (nSPS) is 13.5. The molecule has 6 nitrogen and oxygen atoms in total. The highest BCUT2D eigenvalue weighted by molar-refractivity contribution is 5.81. The molecule has 1 aromatic carbocycles. The number of hydrazone groups is 1. The molecule has 0 bridgehead atoms. The summed E-state index contributed by atoms with van der Waals surface area (Å²) in [6.07, 6.45) is -7.35. The van der Waals surface area contributed by atoms with E-state index in [0.29, 0.717) is 23.3 Å². The summed E-state index contributed by atoms with van der Waals surface area (Å²) < 4.78 is 76.0. The zero-order valence-electron chi connectivity index (χ0n) is 14.1. The van der Waals surface area contributed by atoms with Crippen molar-refractivity contribution in [2.24, 2.45) is 15.8 Å². The number of nitrogens with zero attached hydrogens (tertiary/aromatic N) is 3. The molecule has 4 N–H and O–H groups in total. The fourth-order valence-electron chi connectivity index (χ4n) is 2.04. The lowest BCUT2D eigenvalue weighted by Crippen LogP contribution is -2.19. The van der Waals surface area contributed by atoms with E-state index in [2.05, 4.69) is 32.2 Å². The van der Waals surface area contributed by atoms with Gasteiger partial charge in [-0.3, -0.25) is 0 Å². The summed E-state index contributed by atoms with van der Waals surface area (Å²) in [5, 5.41) is 3.42. The van der Waals surface area contributed by atoms with Crippen LogP contribution in [0, 0.1) is 0 Å². The van der Waals surface area contributed by atoms with Crippen molar-refractivity contribution >= 4 is 12.9 Å². The number of nitrogens with two attached hydrogens (primary N) is 1. The maximum absolute atomic E-state index is 12.8. The summed E-state index contributed by atoms with van der Waals surface area (Å²) in [5.41, 5.74) is 6.33. The van der Waals surface area contributed by atoms with Crippen LogP contribution in [0.15, 0.2) is 52.0 Å². The smallest absolute Gasteiger partial charge is 0.383 e. The molecule has 0 fully saturated rings. The maximum Gasteiger partial charge on any atom is 0.421 e. The second-order valence-corrected chi connectivity index (χ2v) is 5.37. The number of halogens is 6. The predicted molar refractivity (Wildman–Crippen MR) is 91.2 cm³/mol. The monoisotopic (exact) mass is 404 g/mol. The third-order valence-corrected chi connectivity index (χ3v) is 3.43. The van der Waals surface area contributed by atoms with E-state index in [-0.39, 0.29) is 6.54 Å². The van der Waals surface area contributed by atoms with Crippen LogP contribution in [0.5, 0.6) is 0 Å². The van der Waals surface area contributed by atoms with Gasteiger partial charge in [0, 0.05) is 0 Å². The molecule has 12 heteroatoms. The van der Waals surface area contributed by atoms with E-state index in [1.54, 1.807) is 0 Å². The number of nitrogens with one attached hydrogen (secondary N) is 2. The molecule has 0 aliphatic heterocycles. The first-order valence-electron chi connectivity index (χ1n) is 7.53. The fourth-order valence-corrected chi connectivity index (χ4v) is 2.04. The van der Waals surface area contributed by atoms with Gasteiger partial charge in [-0.2, -0.15) is 31.4 Å². The van der Waals surface area contributed by atoms with Gasteiger partial charge in [0.1, 0.15) is 17.2 Å². The van der Waals surface area contributed by atoms with Gasteiger partial charge in [0.15, 0.2) is 0 Å². The molecule has 0 saturated carbocycles. The van der Waals surface area contributed by atoms with Crippen LogP contribution in [0.3, 0.4) is 0 Å². The number of allylic oxidation sites excluding steroid dienone is 1. The first-order chi connectivity index (χ1) is 13.0. The van der Waals surface area contributed by atoms with E-state index < -0.39 is 29.3 Å². The van der Waals surface area contributed by atoms with Crippen LogP contribution in [-0.2, 0) is 12.7 Å². The van der Waals surface area contributed by atoms with Crippen molar-refractivity contribution in [2.45, 2.75) is 18.9 Å². The number of H-pyrrole nitrogens is 1. The first-order valence-corrected chi connectivity index (χ1v) is 7.53. The molecule has 0 aliphatic rings. The molecule has 2 rings (SSSR count). The summed E-state index contributed by atoms with van der Waals surface area (Å²) in [4.78, 5) is 9.83. The lowest BCUT2D eigenvalue weighted by molar-refractivity contribution is -0.137. The highest BCUT2D eigenvalue weighted by atomic mass is 19.4. The lowest BCUT2D eigenvalue weighted by atomic mass is 10.1. The van der Waals surface area contributed by atoms with Gasteiger partial charge in [-0.05, 0) is 24.4 Å². The predicted octanol–water partition coefficient (Wildman–Crippen LogP) is 3.60. The van der Waals surface area contributed by atoms with Gasteiger partial charge < -0.3 is 16.1 Å². The second-order valence-electron chi connectivity index (χ2n) is 5.37. The van der Waals surface area contributed by atoms with Gasteiger partial charge in [0.05, 0.1) is 30.2 Å². The molecule has 1 heterocycles. The Morgan fingerprint density at radius 1 is 1.18 bits per heavy atom. The third kappa shape index (κ3) is 5.34. The molecule has 0 atom stereocenters. The average Bonchev–Trinajstić information content (AvgIpc) is 3.08. The summed E-state index contributed by atoms with van der Waals surface area (Å²) >= 11 is 0. The number of aromatic amines is 1. The minimum absolute atomic E-state index is 0.0658. The van der Waals surface area contributed by atoms with Gasteiger partial charge in [-0.15, -0.1) is 0 Å². The van der Waals surface area contributed by atoms with Crippen LogP contribution in [0.2, 0.25) is 0 Å². The Morgan fingerprint density at radius 3 is 2.36 bits per heavy atom. The van der Waals surface area contributed by atoms with Gasteiger partial charge in [-0.25, -0.2) is 9.98 Å². The molecule has 0 aliphatic carbocycles. The van der Waals surface area contributed by atoms with E-state index in [9.17, 15) is 26.3 Å². The Morgan fingerprint density at radius 2 is 1.82 bits per heavy atom. The molecule has 0 saturated heterocycles. The van der Waals surface area contributed by atoms with E-state index in [0.717, 1.165) is 12.1 Å². The molecule has 0 radical (unpaired) electrons. The molecule has 0 unspecified atom stereocenters. The maximum atomic E-state index is 12.8. The molecule has 0 spiro atoms. The zero-order valence-corrected chi connectivity index (χ0v) is 14.1. The van der Waals surface area contributed by atoms with Crippen LogP contribution in [0.4, 0.5) is 26.3 Å². The Kier molecular flexibility index (Phi) is 6.11. The van der Waals surface area contributed by atoms with Crippen molar-refractivity contribution in [3.8, 4) is 11.3 Å². The van der Waals surface area contributed by atoms with Gasteiger partial charge in [0.2, 0.25) is 0 Å². The summed E-state index contributed by atoms with van der Waals surface area (Å²) in [6.45, 7) is 2.86. The number of aliphatic imine (C=N–C) groups is 1. The Labute approximate surface area is 154 Å². The minimum Gasteiger partial charge on any atom is -0.383 e. The van der Waals surface area contributed by atoms with Gasteiger partial charge in [-0.1, -0.05) is 12.1 Å². The van der Waals surface area contributed by atoms with Crippen molar-refractivity contribution in [1.82, 2.24) is 15.4 Å². The van der Waals surface area contributed by atoms with Crippen LogP contribution < -0.4 is 11.2 Å². The van der Waals surface area contributed by atoms with Crippen molar-refractivity contribution in [3.63, 3.8) is 0 Å². The highest BCUT2D eigenvalue weighted by Crippen LogP contribution is 2.30. The van der Waals surface area contributed by atoms with Crippen LogP contribution in [0.1, 0.15) is 11.4 Å². The largest absolute Gasteiger partial charge is 0.421 e. The third-order valence-electron chi connectivity index (χ3n) is 3.43. The number of imidazole rings is 1. The van der Waals surface area contributed by atoms with Crippen molar-refractivity contribution in [3.05, 3.63) is 53.2 Å². The fraction of sp³-hybridized carbons (Fsp3) is 0.188. The first kappa shape index (κ1) is 21.0. The van der Waals surface area contributed by atoms with Crippen molar-refractivity contribution < 1.29 is 26.3 Å². The minimum atomic E-state index is -4.75. The Bertz CT molecular complexity index is 876. The van der Waals surface area contributed by atoms with Crippen LogP contribution in [-0.4, -0.2) is 29.1 Å². The summed E-state index contributed by atoms with van der Waals surface area (Å²) in [5.74, 6) is -0.514. The summed E-state index contributed by atoms with van der Waals surface area (Å²) in [6, 6.07) is 4.41. The average molecular weight is 404 g/mol. The number of hydrogen-bond donors (Lipinski definition) is 3. The number of hydrogen-bond acceptors (Lipinski definition) is 5. The quantitative estimate of drug-likeness (QED) is 0.390. The van der Waals surface area contributed by atoms with E-state index >= 15 is 0 Å². The number of benzene rings is 1. The van der Waals surface area contributed by atoms with E-state index in [1.165, 1.54) is 18.3 Å². The van der Waals surface area contributed by atoms with Crippen molar-refractivity contribution in [2.75, 3.05) is 0 Å². The molecule has 28 heavy (non-hydrogen) atoms. The Balaban J connectivity index is 2.03. The summed E-state index contributed by atoms with van der Waals surface area (Å²) in [7, 11) is 0. The molecule has 1 aromatic heterocycles. The van der Waals surface area contributed by atoms with E-state index in [1.807, 2.05) is 0 Å². The van der Waals surface area contributed by atoms with Gasteiger partial charge >= 0.3 is 12.4 Å². The number of alkyl halides is 6. The zero-order chi connectivity index (χ0) is 20.9. The molecular weight excluding hydrogens is 390 g/mol. The number of rotatable bonds is 6. The van der Waals surface area contributed by atoms with Crippen molar-refractivity contribution in [1.29, 1.82) is 0 Å². The SMILES string of the molecule is C=N/C(N)=C(/C=N\NCc1ncc(-c2ccc(C(F)(F)F)cc2)[nH]1)C(F)(F)F.